The van der Waals surface area contributed by atoms with Gasteiger partial charge in [-0.3, -0.25) is 19.9 Å². The van der Waals surface area contributed by atoms with E-state index in [4.69, 9.17) is 14.5 Å². The zero-order valence-corrected chi connectivity index (χ0v) is 24.6. The highest BCUT2D eigenvalue weighted by molar-refractivity contribution is 7.99. The summed E-state index contributed by atoms with van der Waals surface area (Å²) in [5.41, 5.74) is 3.58. The molecule has 3 aliphatic heterocycles. The molecule has 41 heavy (non-hydrogen) atoms. The fourth-order valence-corrected chi connectivity index (χ4v) is 6.35. The number of piperazine rings is 1. The summed E-state index contributed by atoms with van der Waals surface area (Å²) in [6, 6.07) is 5.67. The first-order chi connectivity index (χ1) is 19.9. The van der Waals surface area contributed by atoms with Gasteiger partial charge < -0.3 is 19.3 Å². The molecule has 2 saturated heterocycles. The second kappa shape index (κ2) is 13.0. The number of aryl methyl sites for hydroxylation is 1. The maximum Gasteiger partial charge on any atom is 0.328 e. The zero-order valence-electron chi connectivity index (χ0n) is 23.8. The van der Waals surface area contributed by atoms with Crippen molar-refractivity contribution in [2.45, 2.75) is 25.7 Å². The van der Waals surface area contributed by atoms with Crippen molar-refractivity contribution in [3.8, 4) is 6.07 Å². The molecule has 0 aromatic carbocycles. The molecule has 13 heteroatoms. The van der Waals surface area contributed by atoms with E-state index in [1.54, 1.807) is 25.2 Å². The quantitative estimate of drug-likeness (QED) is 0.488. The summed E-state index contributed by atoms with van der Waals surface area (Å²) in [5, 5.41) is 12.6. The summed E-state index contributed by atoms with van der Waals surface area (Å²) in [6.45, 7) is 4.36. The van der Waals surface area contributed by atoms with Gasteiger partial charge in [0.25, 0.3) is 0 Å². The number of nitrogens with one attached hydrogen (secondary N) is 1. The lowest BCUT2D eigenvalue weighted by molar-refractivity contribution is -0.136. The van der Waals surface area contributed by atoms with Crippen LogP contribution in [0.25, 0.3) is 0 Å². The molecule has 3 aliphatic rings. The Morgan fingerprint density at radius 2 is 1.95 bits per heavy atom. The first kappa shape index (κ1) is 29.1. The van der Waals surface area contributed by atoms with Crippen LogP contribution < -0.4 is 15.1 Å². The van der Waals surface area contributed by atoms with E-state index < -0.39 is 6.29 Å². The SMILES string of the molecule is COC(OC)c1nc2c(cc1CN1CCN(C)CC1=O)CCCN2C(=O)Nc1cc(N2CCSCC2)c(C#N)cn1. The number of anilines is 3. The van der Waals surface area contributed by atoms with E-state index in [1.165, 1.54) is 6.20 Å². The van der Waals surface area contributed by atoms with Gasteiger partial charge in [-0.15, -0.1) is 0 Å². The lowest BCUT2D eigenvalue weighted by atomic mass is 10.0. The van der Waals surface area contributed by atoms with E-state index in [1.807, 2.05) is 34.7 Å². The summed E-state index contributed by atoms with van der Waals surface area (Å²) in [7, 11) is 5.02. The van der Waals surface area contributed by atoms with Crippen LogP contribution in [0, 0.1) is 11.3 Å². The number of rotatable bonds is 7. The molecule has 0 spiro atoms. The predicted molar refractivity (Wildman–Crippen MR) is 157 cm³/mol. The molecule has 0 aliphatic carbocycles. The number of hydrogen-bond acceptors (Lipinski definition) is 10. The highest BCUT2D eigenvalue weighted by Gasteiger charge is 2.30. The lowest BCUT2D eigenvalue weighted by Gasteiger charge is -2.34. The van der Waals surface area contributed by atoms with Crippen LogP contribution in [0.3, 0.4) is 0 Å². The molecule has 2 aromatic heterocycles. The van der Waals surface area contributed by atoms with Crippen LogP contribution in [0.5, 0.6) is 0 Å². The molecular weight excluding hydrogens is 544 g/mol. The van der Waals surface area contributed by atoms with Gasteiger partial charge in [0.15, 0.2) is 0 Å². The van der Waals surface area contributed by atoms with Crippen molar-refractivity contribution in [2.24, 2.45) is 0 Å². The number of urea groups is 1. The molecule has 0 bridgehead atoms. The third kappa shape index (κ3) is 6.41. The molecule has 5 rings (SSSR count). The maximum absolute atomic E-state index is 13.6. The van der Waals surface area contributed by atoms with Crippen molar-refractivity contribution < 1.29 is 19.1 Å². The van der Waals surface area contributed by atoms with E-state index in [0.717, 1.165) is 60.8 Å². The van der Waals surface area contributed by atoms with Crippen molar-refractivity contribution in [2.75, 3.05) is 87.2 Å². The van der Waals surface area contributed by atoms with Gasteiger partial charge in [0, 0.05) is 77.3 Å². The highest BCUT2D eigenvalue weighted by Crippen LogP contribution is 2.33. The van der Waals surface area contributed by atoms with Gasteiger partial charge in [0.05, 0.1) is 17.8 Å². The second-order valence-corrected chi connectivity index (χ2v) is 11.6. The Bertz CT molecular complexity index is 1320. The third-order valence-electron chi connectivity index (χ3n) is 7.63. The summed E-state index contributed by atoms with van der Waals surface area (Å²) < 4.78 is 11.2. The van der Waals surface area contributed by atoms with Crippen LogP contribution in [-0.2, 0) is 27.2 Å². The first-order valence-electron chi connectivity index (χ1n) is 13.8. The van der Waals surface area contributed by atoms with E-state index in [-0.39, 0.29) is 11.9 Å². The smallest absolute Gasteiger partial charge is 0.328 e. The van der Waals surface area contributed by atoms with Gasteiger partial charge in [0.2, 0.25) is 12.2 Å². The Hall–Kier alpha value is -3.44. The van der Waals surface area contributed by atoms with Crippen LogP contribution in [0.15, 0.2) is 18.3 Å². The molecule has 0 saturated carbocycles. The number of carbonyl (C=O) groups excluding carboxylic acids is 2. The fourth-order valence-electron chi connectivity index (χ4n) is 5.45. The number of aromatic nitrogens is 2. The number of pyridine rings is 2. The van der Waals surface area contributed by atoms with Crippen molar-refractivity contribution in [1.82, 2.24) is 19.8 Å². The Morgan fingerprint density at radius 3 is 2.66 bits per heavy atom. The van der Waals surface area contributed by atoms with Crippen molar-refractivity contribution in [1.29, 1.82) is 5.26 Å². The second-order valence-electron chi connectivity index (χ2n) is 10.4. The average molecular weight is 581 g/mol. The number of methoxy groups -OCH3 is 2. The van der Waals surface area contributed by atoms with Gasteiger partial charge in [-0.05, 0) is 37.1 Å². The summed E-state index contributed by atoms with van der Waals surface area (Å²) in [6.07, 6.45) is 2.28. The van der Waals surface area contributed by atoms with Gasteiger partial charge in [0.1, 0.15) is 23.4 Å². The number of carbonyl (C=O) groups is 2. The first-order valence-corrected chi connectivity index (χ1v) is 14.9. The maximum atomic E-state index is 13.6. The molecule has 0 unspecified atom stereocenters. The molecule has 12 nitrogen and oxygen atoms in total. The van der Waals surface area contributed by atoms with Gasteiger partial charge in [-0.2, -0.15) is 17.0 Å². The van der Waals surface area contributed by atoms with Crippen molar-refractivity contribution in [3.05, 3.63) is 40.7 Å². The predicted octanol–water partition coefficient (Wildman–Crippen LogP) is 2.45. The van der Waals surface area contributed by atoms with Crippen molar-refractivity contribution >= 4 is 41.0 Å². The van der Waals surface area contributed by atoms with Gasteiger partial charge in [-0.25, -0.2) is 14.8 Å². The number of ether oxygens (including phenoxy) is 2. The van der Waals surface area contributed by atoms with Crippen LogP contribution in [0.2, 0.25) is 0 Å². The zero-order chi connectivity index (χ0) is 28.9. The Labute approximate surface area is 244 Å². The minimum absolute atomic E-state index is 0.0624. The van der Waals surface area contributed by atoms with E-state index in [9.17, 15) is 14.9 Å². The molecule has 3 amide bonds. The number of nitriles is 1. The average Bonchev–Trinajstić information content (AvgIpc) is 2.99. The van der Waals surface area contributed by atoms with Gasteiger partial charge >= 0.3 is 6.03 Å². The van der Waals surface area contributed by atoms with E-state index in [0.29, 0.717) is 49.1 Å². The van der Waals surface area contributed by atoms with E-state index in [2.05, 4.69) is 21.3 Å². The fraction of sp³-hybridized carbons (Fsp3) is 0.536. The van der Waals surface area contributed by atoms with E-state index >= 15 is 0 Å². The molecule has 0 atom stereocenters. The molecule has 5 heterocycles. The third-order valence-corrected chi connectivity index (χ3v) is 8.57. The number of likely N-dealkylation sites (N-methyl/N-ethyl adjacent to an activating group) is 1. The Balaban J connectivity index is 1.42. The number of hydrogen-bond donors (Lipinski definition) is 1. The normalized spacial score (nSPS) is 17.9. The van der Waals surface area contributed by atoms with Crippen LogP contribution >= 0.6 is 11.8 Å². The Kier molecular flexibility index (Phi) is 9.24. The lowest BCUT2D eigenvalue weighted by Crippen LogP contribution is -2.48. The molecule has 218 valence electrons. The molecule has 0 radical (unpaired) electrons. The topological polar surface area (TPSA) is 127 Å². The summed E-state index contributed by atoms with van der Waals surface area (Å²) in [4.78, 5) is 43.2. The highest BCUT2D eigenvalue weighted by atomic mass is 32.2. The standard InChI is InChI=1S/C28H36N8O4S/c1-33-7-8-35(24(37)18-33)17-20-13-19-5-4-6-36(26(19)32-25(20)27(39-2)40-3)28(38)31-23-14-22(21(15-29)16-30-23)34-9-11-41-12-10-34/h13-14,16,27H,4-12,17-18H2,1-3H3,(H,30,31,38). The van der Waals surface area contributed by atoms with Crippen LogP contribution in [0.1, 0.15) is 35.1 Å². The monoisotopic (exact) mass is 580 g/mol. The molecular formula is C28H36N8O4S. The Morgan fingerprint density at radius 1 is 1.17 bits per heavy atom. The summed E-state index contributed by atoms with van der Waals surface area (Å²) >= 11 is 1.89. The van der Waals surface area contributed by atoms with Crippen LogP contribution in [-0.4, -0.2) is 104 Å². The van der Waals surface area contributed by atoms with Gasteiger partial charge in [-0.1, -0.05) is 0 Å². The largest absolute Gasteiger partial charge is 0.369 e. The number of fused-ring (bicyclic) bond motifs is 1. The molecule has 2 aromatic rings. The molecule has 2 fully saturated rings. The minimum Gasteiger partial charge on any atom is -0.369 e. The van der Waals surface area contributed by atoms with Crippen LogP contribution in [0.4, 0.5) is 22.1 Å². The summed E-state index contributed by atoms with van der Waals surface area (Å²) in [5.74, 6) is 2.96. The number of amides is 3. The van der Waals surface area contributed by atoms with Crippen molar-refractivity contribution in [3.63, 3.8) is 0 Å². The number of thioether (sulfide) groups is 1. The minimum atomic E-state index is -0.754. The molecule has 1 N–H and O–H groups in total. The number of nitrogens with zero attached hydrogens (tertiary/aromatic N) is 7.